The van der Waals surface area contributed by atoms with E-state index in [1.54, 1.807) is 17.3 Å². The first-order chi connectivity index (χ1) is 11.3. The number of amides is 1. The molecule has 1 fully saturated rings. The van der Waals surface area contributed by atoms with Gasteiger partial charge in [-0.1, -0.05) is 0 Å². The van der Waals surface area contributed by atoms with Gasteiger partial charge in [-0.25, -0.2) is 4.79 Å². The standard InChI is InChI=1S/C17H26BrN3O3/c1-13-14(18)11-19-12-15(13)23-10-9-20-5-7-21(8-6-20)16(22)24-17(2,3)4/h11-12H,5-10H2,1-4H3. The summed E-state index contributed by atoms with van der Waals surface area (Å²) in [4.78, 5) is 20.2. The molecule has 1 aromatic heterocycles. The van der Waals surface area contributed by atoms with Crippen LogP contribution in [0.1, 0.15) is 26.3 Å². The van der Waals surface area contributed by atoms with E-state index in [1.807, 2.05) is 27.7 Å². The molecule has 0 unspecified atom stereocenters. The number of nitrogens with zero attached hydrogens (tertiary/aromatic N) is 3. The lowest BCUT2D eigenvalue weighted by molar-refractivity contribution is 0.0137. The number of piperazine rings is 1. The van der Waals surface area contributed by atoms with E-state index < -0.39 is 5.60 Å². The molecule has 2 rings (SSSR count). The van der Waals surface area contributed by atoms with Crippen molar-refractivity contribution in [3.05, 3.63) is 22.4 Å². The van der Waals surface area contributed by atoms with Gasteiger partial charge in [-0.15, -0.1) is 0 Å². The summed E-state index contributed by atoms with van der Waals surface area (Å²) in [6.07, 6.45) is 3.27. The monoisotopic (exact) mass is 399 g/mol. The van der Waals surface area contributed by atoms with E-state index in [2.05, 4.69) is 25.8 Å². The van der Waals surface area contributed by atoms with Crippen molar-refractivity contribution in [2.75, 3.05) is 39.3 Å². The third-order valence-electron chi connectivity index (χ3n) is 3.80. The van der Waals surface area contributed by atoms with E-state index in [-0.39, 0.29) is 6.09 Å². The smallest absolute Gasteiger partial charge is 0.410 e. The molecule has 0 radical (unpaired) electrons. The molecule has 1 aliphatic rings. The first-order valence-corrected chi connectivity index (χ1v) is 8.99. The van der Waals surface area contributed by atoms with Crippen molar-refractivity contribution in [2.24, 2.45) is 0 Å². The average Bonchev–Trinajstić information content (AvgIpc) is 2.50. The molecule has 134 valence electrons. The highest BCUT2D eigenvalue weighted by atomic mass is 79.9. The zero-order valence-corrected chi connectivity index (χ0v) is 16.4. The Bertz CT molecular complexity index is 567. The number of pyridine rings is 1. The SMILES string of the molecule is Cc1c(Br)cncc1OCCN1CCN(C(=O)OC(C)(C)C)CC1. The lowest BCUT2D eigenvalue weighted by Gasteiger charge is -2.35. The number of hydrogen-bond donors (Lipinski definition) is 0. The van der Waals surface area contributed by atoms with Gasteiger partial charge in [-0.2, -0.15) is 0 Å². The minimum Gasteiger partial charge on any atom is -0.490 e. The molecule has 2 heterocycles. The summed E-state index contributed by atoms with van der Waals surface area (Å²) in [6.45, 7) is 12.1. The Morgan fingerprint density at radius 3 is 2.54 bits per heavy atom. The molecule has 0 atom stereocenters. The molecular formula is C17H26BrN3O3. The van der Waals surface area contributed by atoms with Crippen LogP contribution >= 0.6 is 15.9 Å². The van der Waals surface area contributed by atoms with Gasteiger partial charge in [0.25, 0.3) is 0 Å². The number of rotatable bonds is 4. The molecule has 24 heavy (non-hydrogen) atoms. The van der Waals surface area contributed by atoms with Crippen LogP contribution in [0, 0.1) is 6.92 Å². The van der Waals surface area contributed by atoms with Crippen molar-refractivity contribution < 1.29 is 14.3 Å². The normalized spacial score (nSPS) is 16.1. The van der Waals surface area contributed by atoms with Crippen molar-refractivity contribution in [3.63, 3.8) is 0 Å². The Kier molecular flexibility index (Phi) is 6.46. The van der Waals surface area contributed by atoms with Crippen LogP contribution in [-0.4, -0.2) is 65.8 Å². The zero-order valence-electron chi connectivity index (χ0n) is 14.8. The summed E-state index contributed by atoms with van der Waals surface area (Å²) in [5.74, 6) is 0.803. The van der Waals surface area contributed by atoms with Crippen LogP contribution in [0.5, 0.6) is 5.75 Å². The molecule has 0 spiro atoms. The van der Waals surface area contributed by atoms with E-state index in [0.717, 1.165) is 35.4 Å². The van der Waals surface area contributed by atoms with E-state index >= 15 is 0 Å². The van der Waals surface area contributed by atoms with Crippen LogP contribution in [0.4, 0.5) is 4.79 Å². The minimum atomic E-state index is -0.447. The number of hydrogen-bond acceptors (Lipinski definition) is 5. The summed E-state index contributed by atoms with van der Waals surface area (Å²) >= 11 is 3.45. The second-order valence-electron chi connectivity index (χ2n) is 6.90. The number of aromatic nitrogens is 1. The van der Waals surface area contributed by atoms with Crippen LogP contribution in [-0.2, 0) is 4.74 Å². The highest BCUT2D eigenvalue weighted by molar-refractivity contribution is 9.10. The topological polar surface area (TPSA) is 54.9 Å². The third-order valence-corrected chi connectivity index (χ3v) is 4.60. The summed E-state index contributed by atoms with van der Waals surface area (Å²) in [5, 5.41) is 0. The summed E-state index contributed by atoms with van der Waals surface area (Å²) in [5.41, 5.74) is 0.609. The highest BCUT2D eigenvalue weighted by Gasteiger charge is 2.25. The molecule has 6 nitrogen and oxygen atoms in total. The molecule has 0 bridgehead atoms. The summed E-state index contributed by atoms with van der Waals surface area (Å²) in [7, 11) is 0. The molecule has 1 aliphatic heterocycles. The van der Waals surface area contributed by atoms with Crippen molar-refractivity contribution >= 4 is 22.0 Å². The Hall–Kier alpha value is -1.34. The van der Waals surface area contributed by atoms with Crippen LogP contribution in [0.25, 0.3) is 0 Å². The molecule has 7 heteroatoms. The molecular weight excluding hydrogens is 374 g/mol. The second kappa shape index (κ2) is 8.16. The van der Waals surface area contributed by atoms with Gasteiger partial charge in [0.15, 0.2) is 0 Å². The lowest BCUT2D eigenvalue weighted by Crippen LogP contribution is -2.50. The van der Waals surface area contributed by atoms with Crippen molar-refractivity contribution in [3.8, 4) is 5.75 Å². The van der Waals surface area contributed by atoms with Gasteiger partial charge < -0.3 is 14.4 Å². The Morgan fingerprint density at radius 2 is 1.92 bits per heavy atom. The average molecular weight is 400 g/mol. The lowest BCUT2D eigenvalue weighted by atomic mass is 10.2. The first-order valence-electron chi connectivity index (χ1n) is 8.19. The number of carbonyl (C=O) groups excluding carboxylic acids is 1. The summed E-state index contributed by atoms with van der Waals surface area (Å²) in [6, 6.07) is 0. The fourth-order valence-corrected chi connectivity index (χ4v) is 2.71. The molecule has 1 amide bonds. The Balaban J connectivity index is 1.72. The quantitative estimate of drug-likeness (QED) is 0.778. The Labute approximate surface area is 152 Å². The van der Waals surface area contributed by atoms with Crippen LogP contribution < -0.4 is 4.74 Å². The number of ether oxygens (including phenoxy) is 2. The van der Waals surface area contributed by atoms with E-state index in [4.69, 9.17) is 9.47 Å². The van der Waals surface area contributed by atoms with Crippen molar-refractivity contribution in [2.45, 2.75) is 33.3 Å². The summed E-state index contributed by atoms with van der Waals surface area (Å²) < 4.78 is 12.2. The minimum absolute atomic E-state index is 0.228. The fourth-order valence-electron chi connectivity index (χ4n) is 2.39. The van der Waals surface area contributed by atoms with Crippen LogP contribution in [0.3, 0.4) is 0 Å². The largest absolute Gasteiger partial charge is 0.490 e. The molecule has 1 aromatic rings. The maximum Gasteiger partial charge on any atom is 0.410 e. The van der Waals surface area contributed by atoms with E-state index in [0.29, 0.717) is 19.7 Å². The van der Waals surface area contributed by atoms with Gasteiger partial charge in [-0.05, 0) is 43.6 Å². The zero-order chi connectivity index (χ0) is 17.7. The van der Waals surface area contributed by atoms with Crippen LogP contribution in [0.2, 0.25) is 0 Å². The third kappa shape index (κ3) is 5.63. The van der Waals surface area contributed by atoms with Crippen molar-refractivity contribution in [1.82, 2.24) is 14.8 Å². The molecule has 0 aliphatic carbocycles. The Morgan fingerprint density at radius 1 is 1.25 bits per heavy atom. The van der Waals surface area contributed by atoms with Gasteiger partial charge in [0.1, 0.15) is 18.0 Å². The number of halogens is 1. The number of carbonyl (C=O) groups is 1. The molecule has 0 saturated carbocycles. The van der Waals surface area contributed by atoms with E-state index in [1.165, 1.54) is 0 Å². The van der Waals surface area contributed by atoms with Gasteiger partial charge in [0.05, 0.1) is 6.20 Å². The first kappa shape index (κ1) is 19.0. The maximum absolute atomic E-state index is 12.0. The highest BCUT2D eigenvalue weighted by Crippen LogP contribution is 2.23. The van der Waals surface area contributed by atoms with Gasteiger partial charge in [-0.3, -0.25) is 9.88 Å². The molecule has 1 saturated heterocycles. The predicted octanol–water partition coefficient (Wildman–Crippen LogP) is 3.08. The van der Waals surface area contributed by atoms with Crippen molar-refractivity contribution in [1.29, 1.82) is 0 Å². The van der Waals surface area contributed by atoms with Gasteiger partial charge in [0, 0.05) is 49.0 Å². The van der Waals surface area contributed by atoms with Gasteiger partial charge >= 0.3 is 6.09 Å². The maximum atomic E-state index is 12.0. The van der Waals surface area contributed by atoms with E-state index in [9.17, 15) is 4.79 Å². The van der Waals surface area contributed by atoms with Gasteiger partial charge in [0.2, 0.25) is 0 Å². The second-order valence-corrected chi connectivity index (χ2v) is 7.76. The molecule has 0 aromatic carbocycles. The fraction of sp³-hybridized carbons (Fsp3) is 0.647. The molecule has 0 N–H and O–H groups in total. The van der Waals surface area contributed by atoms with Crippen LogP contribution in [0.15, 0.2) is 16.9 Å². The predicted molar refractivity (Wildman–Crippen MR) is 96.4 cm³/mol.